The molecule has 0 spiro atoms. The van der Waals surface area contributed by atoms with Crippen molar-refractivity contribution in [2.24, 2.45) is 22.7 Å². The number of amides is 1. The van der Waals surface area contributed by atoms with Crippen LogP contribution in [0.1, 0.15) is 109 Å². The highest BCUT2D eigenvalue weighted by molar-refractivity contribution is 5.93. The molecular formula is C39H44FN5O12. The lowest BCUT2D eigenvalue weighted by Crippen LogP contribution is -2.48. The van der Waals surface area contributed by atoms with Crippen LogP contribution in [0.4, 0.5) is 15.0 Å². The van der Waals surface area contributed by atoms with Crippen molar-refractivity contribution in [1.82, 2.24) is 19.5 Å². The van der Waals surface area contributed by atoms with Gasteiger partial charge in [-0.05, 0) is 96.8 Å². The minimum Gasteiger partial charge on any atom is -0.461 e. The van der Waals surface area contributed by atoms with E-state index in [-0.39, 0.29) is 60.1 Å². The first-order valence-corrected chi connectivity index (χ1v) is 19.3. The molecule has 4 heterocycles. The predicted molar refractivity (Wildman–Crippen MR) is 191 cm³/mol. The number of terminal acetylenes is 1. The van der Waals surface area contributed by atoms with Gasteiger partial charge < -0.3 is 32.5 Å². The van der Waals surface area contributed by atoms with Gasteiger partial charge in [-0.3, -0.25) is 24.3 Å². The van der Waals surface area contributed by atoms with Gasteiger partial charge in [-0.2, -0.15) is 14.4 Å². The highest BCUT2D eigenvalue weighted by Gasteiger charge is 2.58. The second-order valence-electron chi connectivity index (χ2n) is 16.9. The molecule has 4 bridgehead atoms. The molecule has 57 heavy (non-hydrogen) atoms. The molecule has 0 aromatic carbocycles. The summed E-state index contributed by atoms with van der Waals surface area (Å²) in [6.07, 6.45) is 11.0. The molecule has 3 atom stereocenters. The first-order valence-electron chi connectivity index (χ1n) is 19.3. The maximum Gasteiger partial charge on any atom is 0.519 e. The molecule has 3 aromatic rings. The van der Waals surface area contributed by atoms with E-state index in [1.807, 2.05) is 0 Å². The van der Waals surface area contributed by atoms with Crippen LogP contribution < -0.4 is 11.1 Å². The van der Waals surface area contributed by atoms with Crippen molar-refractivity contribution in [3.63, 3.8) is 0 Å². The van der Waals surface area contributed by atoms with Crippen molar-refractivity contribution in [1.29, 1.82) is 0 Å². The minimum atomic E-state index is -1.68. The third-order valence-electron chi connectivity index (χ3n) is 12.6. The van der Waals surface area contributed by atoms with E-state index in [9.17, 15) is 24.0 Å². The van der Waals surface area contributed by atoms with E-state index in [1.165, 1.54) is 31.7 Å². The highest BCUT2D eigenvalue weighted by Crippen LogP contribution is 2.56. The number of hydrogen-bond donors (Lipinski definition) is 1. The van der Waals surface area contributed by atoms with Crippen molar-refractivity contribution in [2.75, 3.05) is 11.9 Å². The summed E-state index contributed by atoms with van der Waals surface area (Å²) in [6.45, 7) is 3.64. The van der Waals surface area contributed by atoms with E-state index in [4.69, 9.17) is 38.9 Å². The molecule has 304 valence electrons. The fourth-order valence-corrected chi connectivity index (χ4v) is 9.53. The molecule has 1 N–H and O–H groups in total. The summed E-state index contributed by atoms with van der Waals surface area (Å²) in [5, 5.41) is 2.36. The lowest BCUT2D eigenvalue weighted by atomic mass is 9.84. The van der Waals surface area contributed by atoms with Gasteiger partial charge in [0.2, 0.25) is 5.60 Å². The van der Waals surface area contributed by atoms with E-state index < -0.39 is 64.7 Å². The number of aryl methyl sites for hydroxylation is 1. The van der Waals surface area contributed by atoms with E-state index in [2.05, 4.69) is 26.2 Å². The largest absolute Gasteiger partial charge is 0.519 e. The van der Waals surface area contributed by atoms with Crippen LogP contribution in [-0.2, 0) is 44.7 Å². The lowest BCUT2D eigenvalue weighted by Gasteiger charge is -2.33. The van der Waals surface area contributed by atoms with Crippen LogP contribution in [0.15, 0.2) is 20.0 Å². The Balaban J connectivity index is 0.984. The summed E-state index contributed by atoms with van der Waals surface area (Å²) in [7, 11) is 0. The Labute approximate surface area is 325 Å². The third kappa shape index (κ3) is 7.26. The van der Waals surface area contributed by atoms with Crippen molar-refractivity contribution in [2.45, 2.75) is 128 Å². The number of imidazole rings is 1. The first-order chi connectivity index (χ1) is 27.1. The van der Waals surface area contributed by atoms with Crippen LogP contribution in [0.2, 0.25) is 0 Å². The van der Waals surface area contributed by atoms with Crippen LogP contribution in [0, 0.1) is 48.0 Å². The van der Waals surface area contributed by atoms with E-state index in [0.29, 0.717) is 11.8 Å². The second-order valence-corrected chi connectivity index (χ2v) is 16.9. The van der Waals surface area contributed by atoms with Gasteiger partial charge in [0.25, 0.3) is 0 Å². The molecule has 4 saturated carbocycles. The van der Waals surface area contributed by atoms with Gasteiger partial charge in [-0.25, -0.2) is 14.6 Å². The zero-order valence-corrected chi connectivity index (χ0v) is 31.9. The molecule has 1 aliphatic heterocycles. The Morgan fingerprint density at radius 2 is 1.68 bits per heavy atom. The van der Waals surface area contributed by atoms with Gasteiger partial charge in [0.1, 0.15) is 24.5 Å². The first kappa shape index (κ1) is 38.6. The number of nitrogens with one attached hydrogen (secondary N) is 1. The molecule has 17 nitrogen and oxygen atoms in total. The number of aromatic nitrogens is 4. The van der Waals surface area contributed by atoms with Crippen molar-refractivity contribution < 1.29 is 56.1 Å². The van der Waals surface area contributed by atoms with Crippen LogP contribution in [-0.4, -0.2) is 67.4 Å². The monoisotopic (exact) mass is 793 g/mol. The normalized spacial score (nSPS) is 30.0. The number of rotatable bonds is 12. The Kier molecular flexibility index (Phi) is 9.65. The number of carbonyl (C=O) groups excluding carboxylic acids is 4. The molecule has 5 aliphatic rings. The van der Waals surface area contributed by atoms with Gasteiger partial charge >= 0.3 is 35.9 Å². The predicted octanol–water partition coefficient (Wildman–Crippen LogP) is 5.19. The number of ether oxygens (including phenoxy) is 5. The summed E-state index contributed by atoms with van der Waals surface area (Å²) in [6, 6.07) is 0. The van der Waals surface area contributed by atoms with Gasteiger partial charge in [0, 0.05) is 6.42 Å². The van der Waals surface area contributed by atoms with Crippen LogP contribution in [0.3, 0.4) is 0 Å². The summed E-state index contributed by atoms with van der Waals surface area (Å²) in [4.78, 5) is 76.2. The van der Waals surface area contributed by atoms with Crippen molar-refractivity contribution in [3.8, 4) is 12.3 Å². The molecule has 18 heteroatoms. The number of hydrogen-bond acceptors (Lipinski definition) is 15. The maximum absolute atomic E-state index is 15.1. The number of fused-ring (bicyclic) bond motifs is 5. The molecular weight excluding hydrogens is 749 g/mol. The Bertz CT molecular complexity index is 2200. The molecule has 4 aliphatic carbocycles. The van der Waals surface area contributed by atoms with Crippen molar-refractivity contribution in [3.05, 3.63) is 34.5 Å². The Morgan fingerprint density at radius 1 is 1.02 bits per heavy atom. The molecule has 5 fully saturated rings. The SMILES string of the molecule is C#C[C@]1(COC(=O)C23CCC(CC2)C3)O[C@@H](n2cnc3c(NC(=O)OC(C)(C)CC(=O)OCc4oc(=O)oc4C)nc(F)nc32)C[C@@H]1OC(=O)C12CCC(CC1)C2. The second kappa shape index (κ2) is 14.3. The fraction of sp³-hybridized carbons (Fsp3) is 0.641. The van der Waals surface area contributed by atoms with Crippen molar-refractivity contribution >= 4 is 41.0 Å². The standard InChI is InChI=1S/C39H44FN5O12/c1-5-39(19-52-31(47)37-10-6-22(15-37)7-11-37)25(55-32(48)38-12-8-23(16-38)9-13-38)14-26(56-39)45-20-41-28-29(42-33(40)44-30(28)45)43-34(49)57-36(3,4)17-27(46)51-18-24-21(2)53-35(50)54-24/h1,20,22-23,25-26H,6-19H2,2-4H3,(H,42,43,44,49)/t22?,23?,25-,26+,37?,38?,39+/m0/s1. The van der Waals surface area contributed by atoms with Gasteiger partial charge in [0.05, 0.1) is 23.6 Å². The molecule has 1 amide bonds. The van der Waals surface area contributed by atoms with Gasteiger partial charge in [0.15, 0.2) is 35.1 Å². The van der Waals surface area contributed by atoms with E-state index in [0.717, 1.165) is 64.2 Å². The van der Waals surface area contributed by atoms with Crippen LogP contribution >= 0.6 is 0 Å². The quantitative estimate of drug-likeness (QED) is 0.108. The average molecular weight is 794 g/mol. The van der Waals surface area contributed by atoms with Gasteiger partial charge in [-0.1, -0.05) is 5.92 Å². The minimum absolute atomic E-state index is 0.00129. The topological polar surface area (TPSA) is 213 Å². The zero-order chi connectivity index (χ0) is 40.3. The molecule has 3 aromatic heterocycles. The fourth-order valence-electron chi connectivity index (χ4n) is 9.53. The lowest BCUT2D eigenvalue weighted by molar-refractivity contribution is -0.178. The number of anilines is 1. The Morgan fingerprint density at radius 3 is 2.28 bits per heavy atom. The zero-order valence-electron chi connectivity index (χ0n) is 31.9. The Hall–Kier alpha value is -5.31. The van der Waals surface area contributed by atoms with E-state index >= 15 is 4.39 Å². The maximum atomic E-state index is 15.1. The molecule has 1 saturated heterocycles. The summed E-state index contributed by atoms with van der Waals surface area (Å²) in [5.74, 6) is 1.07. The molecule has 8 rings (SSSR count). The summed E-state index contributed by atoms with van der Waals surface area (Å²) in [5.41, 5.74) is -4.37. The van der Waals surface area contributed by atoms with Crippen LogP contribution in [0.5, 0.6) is 0 Å². The summed E-state index contributed by atoms with van der Waals surface area (Å²) >= 11 is 0. The molecule has 0 unspecified atom stereocenters. The van der Waals surface area contributed by atoms with Gasteiger partial charge in [-0.15, -0.1) is 6.42 Å². The number of halogens is 1. The number of carbonyl (C=O) groups is 4. The van der Waals surface area contributed by atoms with Crippen LogP contribution in [0.25, 0.3) is 11.2 Å². The van der Waals surface area contributed by atoms with E-state index in [1.54, 1.807) is 0 Å². The number of nitrogens with zero attached hydrogens (tertiary/aromatic N) is 4. The smallest absolute Gasteiger partial charge is 0.461 e. The number of esters is 3. The molecule has 0 radical (unpaired) electrons. The summed E-state index contributed by atoms with van der Waals surface area (Å²) < 4.78 is 55.2. The average Bonchev–Trinajstić information content (AvgIpc) is 4.03. The highest BCUT2D eigenvalue weighted by atomic mass is 19.1. The third-order valence-corrected chi connectivity index (χ3v) is 12.6.